The Morgan fingerprint density at radius 3 is 2.48 bits per heavy atom. The van der Waals surface area contributed by atoms with Crippen LogP contribution in [0.15, 0.2) is 48.5 Å². The minimum atomic E-state index is -0.650. The second-order valence-electron chi connectivity index (χ2n) is 8.03. The van der Waals surface area contributed by atoms with Gasteiger partial charge >= 0.3 is 5.97 Å². The number of unbranched alkanes of at least 4 members (excludes halogenated alkanes) is 2. The van der Waals surface area contributed by atoms with E-state index < -0.39 is 12.1 Å². The van der Waals surface area contributed by atoms with E-state index in [4.69, 9.17) is 4.74 Å². The van der Waals surface area contributed by atoms with Crippen molar-refractivity contribution in [3.05, 3.63) is 59.7 Å². The molecule has 1 heterocycles. The average molecular weight is 427 g/mol. The number of benzene rings is 2. The summed E-state index contributed by atoms with van der Waals surface area (Å²) in [4.78, 5) is 16.9. The molecule has 1 fully saturated rings. The number of nitrogens with zero attached hydrogens (tertiary/aromatic N) is 2. The van der Waals surface area contributed by atoms with Crippen molar-refractivity contribution >= 4 is 11.7 Å². The third kappa shape index (κ3) is 6.71. The Bertz CT molecular complexity index is 820. The first kappa shape index (κ1) is 23.1. The van der Waals surface area contributed by atoms with E-state index in [1.807, 2.05) is 0 Å². The lowest BCUT2D eigenvalue weighted by Gasteiger charge is -2.36. The van der Waals surface area contributed by atoms with Gasteiger partial charge in [-0.2, -0.15) is 0 Å². The third-order valence-electron chi connectivity index (χ3n) is 5.85. The van der Waals surface area contributed by atoms with Crippen LogP contribution < -0.4 is 4.90 Å². The molecule has 0 saturated carbocycles. The number of para-hydroxylation sites is 1. The standard InChI is InChI=1S/C25H34N2O4/c1-2-31-25(30)22-19-20(12-13-24(22)29)23(28)11-7-4-8-14-26-15-17-27(18-16-26)21-9-5-3-6-10-21/h3,5-6,9-10,12-13,19,23,28-29H,2,4,7-8,11,14-18H2,1H3. The lowest BCUT2D eigenvalue weighted by molar-refractivity contribution is 0.0522. The van der Waals surface area contributed by atoms with Crippen molar-refractivity contribution in [3.8, 4) is 5.75 Å². The summed E-state index contributed by atoms with van der Waals surface area (Å²) in [5.74, 6) is -0.692. The summed E-state index contributed by atoms with van der Waals surface area (Å²) in [6.07, 6.45) is 3.07. The Morgan fingerprint density at radius 2 is 1.77 bits per heavy atom. The van der Waals surface area contributed by atoms with Crippen LogP contribution in [0.3, 0.4) is 0 Å². The van der Waals surface area contributed by atoms with Gasteiger partial charge < -0.3 is 19.8 Å². The van der Waals surface area contributed by atoms with E-state index in [0.717, 1.165) is 52.0 Å². The van der Waals surface area contributed by atoms with Gasteiger partial charge in [0.1, 0.15) is 11.3 Å². The molecule has 2 aromatic carbocycles. The zero-order valence-electron chi connectivity index (χ0n) is 18.4. The van der Waals surface area contributed by atoms with Crippen molar-refractivity contribution in [2.24, 2.45) is 0 Å². The first-order valence-corrected chi connectivity index (χ1v) is 11.3. The molecule has 0 aliphatic carbocycles. The molecule has 2 N–H and O–H groups in total. The van der Waals surface area contributed by atoms with E-state index in [0.29, 0.717) is 12.0 Å². The van der Waals surface area contributed by atoms with E-state index in [9.17, 15) is 15.0 Å². The minimum absolute atomic E-state index is 0.105. The van der Waals surface area contributed by atoms with Crippen LogP contribution in [-0.2, 0) is 4.74 Å². The van der Waals surface area contributed by atoms with Crippen molar-refractivity contribution in [3.63, 3.8) is 0 Å². The lowest BCUT2D eigenvalue weighted by atomic mass is 10.0. The molecule has 2 aromatic rings. The summed E-state index contributed by atoms with van der Waals surface area (Å²) in [5.41, 5.74) is 2.04. The minimum Gasteiger partial charge on any atom is -0.507 e. The molecule has 1 saturated heterocycles. The summed E-state index contributed by atoms with van der Waals surface area (Å²) in [5, 5.41) is 20.4. The Morgan fingerprint density at radius 1 is 1.03 bits per heavy atom. The highest BCUT2D eigenvalue weighted by Crippen LogP contribution is 2.26. The Kier molecular flexibility index (Phi) is 8.74. The number of carbonyl (C=O) groups excluding carboxylic acids is 1. The Labute approximate surface area is 185 Å². The molecule has 0 spiro atoms. The number of aliphatic hydroxyl groups is 1. The van der Waals surface area contributed by atoms with E-state index in [1.54, 1.807) is 13.0 Å². The highest BCUT2D eigenvalue weighted by atomic mass is 16.5. The fraction of sp³-hybridized carbons (Fsp3) is 0.480. The number of piperazine rings is 1. The molecular formula is C25H34N2O4. The van der Waals surface area contributed by atoms with E-state index in [2.05, 4.69) is 40.1 Å². The van der Waals surface area contributed by atoms with Gasteiger partial charge in [-0.1, -0.05) is 37.1 Å². The monoisotopic (exact) mass is 426 g/mol. The number of esters is 1. The maximum Gasteiger partial charge on any atom is 0.341 e. The molecule has 1 aliphatic heterocycles. The van der Waals surface area contributed by atoms with Crippen LogP contribution >= 0.6 is 0 Å². The van der Waals surface area contributed by atoms with Gasteiger partial charge in [-0.05, 0) is 56.1 Å². The van der Waals surface area contributed by atoms with Gasteiger partial charge in [0, 0.05) is 31.9 Å². The fourth-order valence-corrected chi connectivity index (χ4v) is 4.02. The Balaban J connectivity index is 1.35. The molecule has 0 bridgehead atoms. The van der Waals surface area contributed by atoms with Crippen molar-refractivity contribution in [2.45, 2.75) is 38.7 Å². The molecule has 31 heavy (non-hydrogen) atoms. The van der Waals surface area contributed by atoms with Gasteiger partial charge in [0.2, 0.25) is 0 Å². The maximum absolute atomic E-state index is 11.9. The summed E-state index contributed by atoms with van der Waals surface area (Å²) in [6, 6.07) is 15.2. The number of anilines is 1. The number of hydrogen-bond donors (Lipinski definition) is 2. The van der Waals surface area contributed by atoms with Crippen LogP contribution in [0.25, 0.3) is 0 Å². The molecule has 3 rings (SSSR count). The zero-order chi connectivity index (χ0) is 22.1. The summed E-state index contributed by atoms with van der Waals surface area (Å²) in [7, 11) is 0. The van der Waals surface area contributed by atoms with Gasteiger partial charge in [0.05, 0.1) is 12.7 Å². The van der Waals surface area contributed by atoms with Crippen molar-refractivity contribution in [1.29, 1.82) is 0 Å². The van der Waals surface area contributed by atoms with Crippen LogP contribution in [0.1, 0.15) is 54.6 Å². The van der Waals surface area contributed by atoms with Crippen molar-refractivity contribution in [2.75, 3.05) is 44.2 Å². The van der Waals surface area contributed by atoms with E-state index in [1.165, 1.54) is 17.8 Å². The molecule has 168 valence electrons. The number of phenols is 1. The molecule has 6 nitrogen and oxygen atoms in total. The molecule has 1 atom stereocenters. The number of aliphatic hydroxyl groups excluding tert-OH is 1. The van der Waals surface area contributed by atoms with E-state index >= 15 is 0 Å². The second kappa shape index (κ2) is 11.7. The molecule has 6 heteroatoms. The van der Waals surface area contributed by atoms with Crippen LogP contribution in [0, 0.1) is 0 Å². The lowest BCUT2D eigenvalue weighted by Crippen LogP contribution is -2.46. The van der Waals surface area contributed by atoms with Gasteiger partial charge in [-0.25, -0.2) is 4.79 Å². The highest BCUT2D eigenvalue weighted by Gasteiger charge is 2.18. The molecule has 1 aliphatic rings. The van der Waals surface area contributed by atoms with E-state index in [-0.39, 0.29) is 17.9 Å². The quantitative estimate of drug-likeness (QED) is 0.442. The number of aromatic hydroxyl groups is 1. The van der Waals surface area contributed by atoms with Gasteiger partial charge in [0.15, 0.2) is 0 Å². The predicted molar refractivity (Wildman–Crippen MR) is 123 cm³/mol. The van der Waals surface area contributed by atoms with Crippen molar-refractivity contribution < 1.29 is 19.7 Å². The second-order valence-corrected chi connectivity index (χ2v) is 8.03. The SMILES string of the molecule is CCOC(=O)c1cc(C(O)CCCCCN2CCN(c3ccccc3)CC2)ccc1O. The zero-order valence-corrected chi connectivity index (χ0v) is 18.4. The van der Waals surface area contributed by atoms with Crippen LogP contribution in [0.5, 0.6) is 5.75 Å². The number of rotatable bonds is 10. The average Bonchev–Trinajstić information content (AvgIpc) is 2.80. The first-order valence-electron chi connectivity index (χ1n) is 11.3. The number of phenolic OH excluding ortho intramolecular Hbond substituents is 1. The normalized spacial score (nSPS) is 15.6. The van der Waals surface area contributed by atoms with Crippen LogP contribution in [0.2, 0.25) is 0 Å². The first-order chi connectivity index (χ1) is 15.1. The summed E-state index contributed by atoms with van der Waals surface area (Å²) in [6.45, 7) is 7.34. The van der Waals surface area contributed by atoms with Gasteiger partial charge in [-0.15, -0.1) is 0 Å². The number of ether oxygens (including phenoxy) is 1. The largest absolute Gasteiger partial charge is 0.507 e. The molecule has 1 unspecified atom stereocenters. The fourth-order valence-electron chi connectivity index (χ4n) is 4.02. The maximum atomic E-state index is 11.9. The smallest absolute Gasteiger partial charge is 0.341 e. The molecule has 0 amide bonds. The van der Waals surface area contributed by atoms with Gasteiger partial charge in [-0.3, -0.25) is 4.90 Å². The third-order valence-corrected chi connectivity index (χ3v) is 5.85. The predicted octanol–water partition coefficient (Wildman–Crippen LogP) is 3.98. The number of hydrogen-bond acceptors (Lipinski definition) is 6. The molecule has 0 radical (unpaired) electrons. The number of carbonyl (C=O) groups is 1. The van der Waals surface area contributed by atoms with Gasteiger partial charge in [0.25, 0.3) is 0 Å². The molecular weight excluding hydrogens is 392 g/mol. The summed E-state index contributed by atoms with van der Waals surface area (Å²) >= 11 is 0. The highest BCUT2D eigenvalue weighted by molar-refractivity contribution is 5.92. The summed E-state index contributed by atoms with van der Waals surface area (Å²) < 4.78 is 4.96. The van der Waals surface area contributed by atoms with Crippen molar-refractivity contribution in [1.82, 2.24) is 4.90 Å². The molecule has 0 aromatic heterocycles. The van der Waals surface area contributed by atoms with Crippen LogP contribution in [-0.4, -0.2) is 60.4 Å². The Hall–Kier alpha value is -2.57. The van der Waals surface area contributed by atoms with Crippen LogP contribution in [0.4, 0.5) is 5.69 Å². The topological polar surface area (TPSA) is 73.2 Å².